The van der Waals surface area contributed by atoms with Crippen molar-refractivity contribution in [1.29, 1.82) is 0 Å². The molecule has 0 saturated heterocycles. The molecular formula is C16H11BrN2O2S2. The standard InChI is InChI=1S/C16H11BrN2O2S2/c1-21-10-5-4-9(17)8-7-12-14(13(8)10)18-16(23-12)19-15(20)11-3-2-6-22-11/h2-6H,7H2,1H3,(H,18,19,20). The van der Waals surface area contributed by atoms with Crippen LogP contribution in [-0.2, 0) is 6.42 Å². The maximum Gasteiger partial charge on any atom is 0.267 e. The molecule has 1 amide bonds. The van der Waals surface area contributed by atoms with Gasteiger partial charge in [-0.05, 0) is 29.1 Å². The largest absolute Gasteiger partial charge is 0.496 e. The Labute approximate surface area is 149 Å². The summed E-state index contributed by atoms with van der Waals surface area (Å²) in [5, 5.41) is 5.39. The van der Waals surface area contributed by atoms with E-state index in [1.807, 2.05) is 23.6 Å². The summed E-state index contributed by atoms with van der Waals surface area (Å²) in [6, 6.07) is 7.59. The van der Waals surface area contributed by atoms with Crippen molar-refractivity contribution in [3.8, 4) is 17.0 Å². The highest BCUT2D eigenvalue weighted by Crippen LogP contribution is 2.48. The number of ether oxygens (including phenoxy) is 1. The number of nitrogens with one attached hydrogen (secondary N) is 1. The number of anilines is 1. The van der Waals surface area contributed by atoms with Crippen LogP contribution >= 0.6 is 38.6 Å². The van der Waals surface area contributed by atoms with E-state index in [0.717, 1.165) is 32.8 Å². The van der Waals surface area contributed by atoms with Crippen molar-refractivity contribution in [1.82, 2.24) is 4.98 Å². The van der Waals surface area contributed by atoms with Crippen LogP contribution < -0.4 is 10.1 Å². The fourth-order valence-corrected chi connectivity index (χ4v) is 4.72. The number of benzene rings is 1. The van der Waals surface area contributed by atoms with Gasteiger partial charge < -0.3 is 4.74 Å². The van der Waals surface area contributed by atoms with E-state index >= 15 is 0 Å². The first kappa shape index (κ1) is 14.9. The summed E-state index contributed by atoms with van der Waals surface area (Å²) in [4.78, 5) is 18.6. The van der Waals surface area contributed by atoms with Crippen molar-refractivity contribution in [3.63, 3.8) is 0 Å². The van der Waals surface area contributed by atoms with Gasteiger partial charge in [0.15, 0.2) is 5.13 Å². The number of halogens is 1. The van der Waals surface area contributed by atoms with Crippen molar-refractivity contribution in [3.05, 3.63) is 49.4 Å². The van der Waals surface area contributed by atoms with Gasteiger partial charge in [0.1, 0.15) is 5.75 Å². The second-order valence-electron chi connectivity index (χ2n) is 5.00. The molecular weight excluding hydrogens is 396 g/mol. The van der Waals surface area contributed by atoms with E-state index in [1.165, 1.54) is 28.2 Å². The summed E-state index contributed by atoms with van der Waals surface area (Å²) in [5.41, 5.74) is 3.11. The van der Waals surface area contributed by atoms with Gasteiger partial charge in [-0.2, -0.15) is 0 Å². The molecule has 3 aromatic rings. The summed E-state index contributed by atoms with van der Waals surface area (Å²) >= 11 is 6.53. The number of aromatic nitrogens is 1. The fourth-order valence-electron chi connectivity index (χ4n) is 2.65. The summed E-state index contributed by atoms with van der Waals surface area (Å²) in [6.45, 7) is 0. The minimum atomic E-state index is -0.117. The smallest absolute Gasteiger partial charge is 0.267 e. The molecule has 0 atom stereocenters. The summed E-state index contributed by atoms with van der Waals surface area (Å²) in [6.07, 6.45) is 0.801. The second-order valence-corrected chi connectivity index (χ2v) is 7.89. The third-order valence-electron chi connectivity index (χ3n) is 3.67. The van der Waals surface area contributed by atoms with Crippen LogP contribution in [0.4, 0.5) is 5.13 Å². The lowest BCUT2D eigenvalue weighted by molar-refractivity contribution is 0.103. The van der Waals surface area contributed by atoms with Crippen LogP contribution in [0.3, 0.4) is 0 Å². The zero-order valence-corrected chi connectivity index (χ0v) is 15.3. The van der Waals surface area contributed by atoms with Crippen LogP contribution in [0, 0.1) is 0 Å². The zero-order chi connectivity index (χ0) is 16.0. The predicted molar refractivity (Wildman–Crippen MR) is 96.9 cm³/mol. The van der Waals surface area contributed by atoms with Crippen molar-refractivity contribution in [2.75, 3.05) is 12.4 Å². The lowest BCUT2D eigenvalue weighted by atomic mass is 10.1. The minimum Gasteiger partial charge on any atom is -0.496 e. The Morgan fingerprint density at radius 1 is 1.39 bits per heavy atom. The van der Waals surface area contributed by atoms with Crippen LogP contribution in [-0.4, -0.2) is 18.0 Å². The van der Waals surface area contributed by atoms with Gasteiger partial charge >= 0.3 is 0 Å². The van der Waals surface area contributed by atoms with E-state index in [4.69, 9.17) is 4.74 Å². The molecule has 0 fully saturated rings. The number of thiophene rings is 1. The van der Waals surface area contributed by atoms with Crippen LogP contribution in [0.5, 0.6) is 5.75 Å². The number of thiazole rings is 1. The molecule has 1 aliphatic rings. The van der Waals surface area contributed by atoms with Crippen LogP contribution in [0.25, 0.3) is 11.3 Å². The molecule has 4 rings (SSSR count). The minimum absolute atomic E-state index is 0.117. The molecule has 2 aromatic heterocycles. The number of carbonyl (C=O) groups excluding carboxylic acids is 1. The third kappa shape index (κ3) is 2.49. The lowest BCUT2D eigenvalue weighted by Gasteiger charge is -2.08. The molecule has 0 bridgehead atoms. The predicted octanol–water partition coefficient (Wildman–Crippen LogP) is 4.80. The van der Waals surface area contributed by atoms with E-state index in [0.29, 0.717) is 10.0 Å². The van der Waals surface area contributed by atoms with Gasteiger partial charge in [0, 0.05) is 21.3 Å². The highest BCUT2D eigenvalue weighted by molar-refractivity contribution is 9.10. The average molecular weight is 407 g/mol. The maximum atomic E-state index is 12.2. The molecule has 0 spiro atoms. The van der Waals surface area contributed by atoms with Gasteiger partial charge in [0.2, 0.25) is 0 Å². The Morgan fingerprint density at radius 3 is 3.00 bits per heavy atom. The third-order valence-corrected chi connectivity index (χ3v) is 6.26. The first-order chi connectivity index (χ1) is 11.2. The molecule has 4 nitrogen and oxygen atoms in total. The quantitative estimate of drug-likeness (QED) is 0.531. The van der Waals surface area contributed by atoms with Gasteiger partial charge in [-0.1, -0.05) is 22.0 Å². The Kier molecular flexibility index (Phi) is 3.71. The lowest BCUT2D eigenvalue weighted by Crippen LogP contribution is -2.09. The molecule has 0 unspecified atom stereocenters. The molecule has 7 heteroatoms. The van der Waals surface area contributed by atoms with E-state index in [9.17, 15) is 4.79 Å². The molecule has 2 heterocycles. The van der Waals surface area contributed by atoms with Crippen molar-refractivity contribution >= 4 is 49.6 Å². The first-order valence-corrected chi connectivity index (χ1v) is 9.36. The summed E-state index contributed by atoms with van der Waals surface area (Å²) in [5.74, 6) is 0.692. The van der Waals surface area contributed by atoms with Crippen LogP contribution in [0.1, 0.15) is 20.1 Å². The van der Waals surface area contributed by atoms with E-state index in [1.54, 1.807) is 13.2 Å². The molecule has 116 valence electrons. The number of rotatable bonds is 3. The number of amides is 1. The van der Waals surface area contributed by atoms with Gasteiger partial charge in [0.05, 0.1) is 17.7 Å². The van der Waals surface area contributed by atoms with E-state index in [-0.39, 0.29) is 5.91 Å². The number of hydrogen-bond acceptors (Lipinski definition) is 5. The van der Waals surface area contributed by atoms with Gasteiger partial charge in [0.25, 0.3) is 5.91 Å². The number of fused-ring (bicyclic) bond motifs is 3. The molecule has 0 saturated carbocycles. The van der Waals surface area contributed by atoms with Gasteiger partial charge in [-0.25, -0.2) is 4.98 Å². The molecule has 0 radical (unpaired) electrons. The monoisotopic (exact) mass is 406 g/mol. The highest BCUT2D eigenvalue weighted by atomic mass is 79.9. The normalized spacial score (nSPS) is 11.9. The molecule has 1 N–H and O–H groups in total. The molecule has 1 aromatic carbocycles. The summed E-state index contributed by atoms with van der Waals surface area (Å²) < 4.78 is 6.53. The van der Waals surface area contributed by atoms with Crippen molar-refractivity contribution in [2.24, 2.45) is 0 Å². The fraction of sp³-hybridized carbons (Fsp3) is 0.125. The van der Waals surface area contributed by atoms with Crippen LogP contribution in [0.15, 0.2) is 34.1 Å². The van der Waals surface area contributed by atoms with E-state index in [2.05, 4.69) is 26.2 Å². The highest BCUT2D eigenvalue weighted by Gasteiger charge is 2.29. The summed E-state index contributed by atoms with van der Waals surface area (Å²) in [7, 11) is 1.66. The zero-order valence-electron chi connectivity index (χ0n) is 12.1. The molecule has 0 aliphatic heterocycles. The maximum absolute atomic E-state index is 12.2. The topological polar surface area (TPSA) is 51.2 Å². The average Bonchev–Trinajstić information content (AvgIpc) is 3.23. The SMILES string of the molecule is COc1ccc(Br)c2c1-c1nc(NC(=O)c3cccs3)sc1C2. The first-order valence-electron chi connectivity index (χ1n) is 6.87. The van der Waals surface area contributed by atoms with Crippen LogP contribution in [0.2, 0.25) is 0 Å². The number of hydrogen-bond donors (Lipinski definition) is 1. The number of methoxy groups -OCH3 is 1. The number of carbonyl (C=O) groups is 1. The number of nitrogens with zero attached hydrogens (tertiary/aromatic N) is 1. The molecule has 1 aliphatic carbocycles. The molecule has 23 heavy (non-hydrogen) atoms. The van der Waals surface area contributed by atoms with Gasteiger partial charge in [-0.15, -0.1) is 22.7 Å². The Balaban J connectivity index is 1.69. The second kappa shape index (κ2) is 5.74. The Hall–Kier alpha value is -1.70. The van der Waals surface area contributed by atoms with Crippen molar-refractivity contribution < 1.29 is 9.53 Å². The Morgan fingerprint density at radius 2 is 2.26 bits per heavy atom. The van der Waals surface area contributed by atoms with Gasteiger partial charge in [-0.3, -0.25) is 10.1 Å². The van der Waals surface area contributed by atoms with E-state index < -0.39 is 0 Å². The Bertz CT molecular complexity index is 903. The van der Waals surface area contributed by atoms with Crippen molar-refractivity contribution in [2.45, 2.75) is 6.42 Å².